The van der Waals surface area contributed by atoms with Gasteiger partial charge >= 0.3 is 0 Å². The van der Waals surface area contributed by atoms with Crippen LogP contribution < -0.4 is 10.0 Å². The summed E-state index contributed by atoms with van der Waals surface area (Å²) >= 11 is 0. The van der Waals surface area contributed by atoms with Gasteiger partial charge in [0.05, 0.1) is 4.90 Å². The Bertz CT molecular complexity index is 571. The fraction of sp³-hybridized carbons (Fsp3) is 0.625. The molecule has 0 amide bonds. The topological polar surface area (TPSA) is 58.2 Å². The Balaban J connectivity index is 2.13. The smallest absolute Gasteiger partial charge is 0.240 e. The monoisotopic (exact) mass is 310 g/mol. The predicted molar refractivity (Wildman–Crippen MR) is 85.5 cm³/mol. The molecule has 1 aliphatic carbocycles. The Labute approximate surface area is 128 Å². The summed E-state index contributed by atoms with van der Waals surface area (Å²) in [6.45, 7) is 5.05. The summed E-state index contributed by atoms with van der Waals surface area (Å²) in [4.78, 5) is 0.362. The second-order valence-corrected chi connectivity index (χ2v) is 8.02. The molecule has 1 aromatic rings. The van der Waals surface area contributed by atoms with Gasteiger partial charge < -0.3 is 5.32 Å². The van der Waals surface area contributed by atoms with Crippen LogP contribution in [-0.4, -0.2) is 21.5 Å². The lowest BCUT2D eigenvalue weighted by molar-refractivity contribution is 0.249. The highest BCUT2D eigenvalue weighted by atomic mass is 32.2. The van der Waals surface area contributed by atoms with Gasteiger partial charge in [-0.2, -0.15) is 0 Å². The summed E-state index contributed by atoms with van der Waals surface area (Å²) in [7, 11) is -1.58. The lowest BCUT2D eigenvalue weighted by Crippen LogP contribution is -2.42. The van der Waals surface area contributed by atoms with E-state index in [2.05, 4.69) is 23.9 Å². The van der Waals surface area contributed by atoms with E-state index in [0.717, 1.165) is 24.8 Å². The van der Waals surface area contributed by atoms with Gasteiger partial charge in [-0.1, -0.05) is 26.0 Å². The molecule has 1 aromatic carbocycles. The van der Waals surface area contributed by atoms with Crippen LogP contribution in [0.15, 0.2) is 29.2 Å². The van der Waals surface area contributed by atoms with Gasteiger partial charge in [0.1, 0.15) is 0 Å². The Morgan fingerprint density at radius 2 is 2.00 bits per heavy atom. The first kappa shape index (κ1) is 16.5. The summed E-state index contributed by atoms with van der Waals surface area (Å²) in [6, 6.07) is 7.19. The molecule has 2 rings (SSSR count). The summed E-state index contributed by atoms with van der Waals surface area (Å²) < 4.78 is 28.0. The average Bonchev–Trinajstić information content (AvgIpc) is 2.43. The van der Waals surface area contributed by atoms with E-state index < -0.39 is 10.0 Å². The van der Waals surface area contributed by atoms with Crippen molar-refractivity contribution in [2.45, 2.75) is 50.6 Å². The van der Waals surface area contributed by atoms with E-state index in [9.17, 15) is 8.42 Å². The van der Waals surface area contributed by atoms with Gasteiger partial charge in [0.2, 0.25) is 10.0 Å². The van der Waals surface area contributed by atoms with Crippen molar-refractivity contribution in [2.75, 3.05) is 7.05 Å². The Morgan fingerprint density at radius 3 is 2.67 bits per heavy atom. The lowest BCUT2D eigenvalue weighted by Gasteiger charge is -2.32. The maximum absolute atomic E-state index is 12.6. The molecule has 0 radical (unpaired) electrons. The van der Waals surface area contributed by atoms with Crippen LogP contribution in [0.5, 0.6) is 0 Å². The van der Waals surface area contributed by atoms with E-state index in [-0.39, 0.29) is 6.04 Å². The SMILES string of the molecule is CNCc1cccc(S(=O)(=O)NC2CCC(C)CC2C)c1. The number of hydrogen-bond acceptors (Lipinski definition) is 3. The van der Waals surface area contributed by atoms with Gasteiger partial charge in [-0.3, -0.25) is 0 Å². The molecule has 0 aromatic heterocycles. The number of rotatable bonds is 5. The fourth-order valence-electron chi connectivity index (χ4n) is 3.13. The van der Waals surface area contributed by atoms with Crippen molar-refractivity contribution in [3.05, 3.63) is 29.8 Å². The summed E-state index contributed by atoms with van der Waals surface area (Å²) in [5.74, 6) is 1.09. The fourth-order valence-corrected chi connectivity index (χ4v) is 4.58. The Hall–Kier alpha value is -0.910. The van der Waals surface area contributed by atoms with Crippen molar-refractivity contribution in [2.24, 2.45) is 11.8 Å². The molecule has 0 bridgehead atoms. The van der Waals surface area contributed by atoms with E-state index in [1.165, 1.54) is 0 Å². The molecule has 21 heavy (non-hydrogen) atoms. The van der Waals surface area contributed by atoms with Crippen LogP contribution in [0.2, 0.25) is 0 Å². The standard InChI is InChI=1S/C16H26N2O2S/c1-12-7-8-16(13(2)9-12)18-21(19,20)15-6-4-5-14(10-15)11-17-3/h4-6,10,12-13,16-18H,7-9,11H2,1-3H3. The molecule has 3 atom stereocenters. The van der Waals surface area contributed by atoms with Crippen molar-refractivity contribution in [3.8, 4) is 0 Å². The van der Waals surface area contributed by atoms with Gasteiger partial charge in [-0.15, -0.1) is 0 Å². The zero-order valence-electron chi connectivity index (χ0n) is 13.1. The third kappa shape index (κ3) is 4.28. The molecule has 1 fully saturated rings. The Kier molecular flexibility index (Phi) is 5.41. The highest BCUT2D eigenvalue weighted by Gasteiger charge is 2.29. The zero-order chi connectivity index (χ0) is 15.5. The molecule has 5 heteroatoms. The van der Waals surface area contributed by atoms with Gasteiger partial charge in [0.15, 0.2) is 0 Å². The third-order valence-corrected chi connectivity index (χ3v) is 5.82. The van der Waals surface area contributed by atoms with Crippen LogP contribution in [0.4, 0.5) is 0 Å². The summed E-state index contributed by atoms with van der Waals surface area (Å²) in [5.41, 5.74) is 0.977. The van der Waals surface area contributed by atoms with Gasteiger partial charge in [0.25, 0.3) is 0 Å². The minimum absolute atomic E-state index is 0.0548. The molecule has 0 aliphatic heterocycles. The van der Waals surface area contributed by atoms with Crippen molar-refractivity contribution in [3.63, 3.8) is 0 Å². The molecule has 4 nitrogen and oxygen atoms in total. The van der Waals surface area contributed by atoms with E-state index in [1.54, 1.807) is 18.2 Å². The largest absolute Gasteiger partial charge is 0.316 e. The summed E-state index contributed by atoms with van der Waals surface area (Å²) in [5, 5.41) is 3.04. The number of hydrogen-bond donors (Lipinski definition) is 2. The molecule has 1 aliphatic rings. The van der Waals surface area contributed by atoms with Crippen LogP contribution in [0.1, 0.15) is 38.7 Å². The predicted octanol–water partition coefficient (Wildman–Crippen LogP) is 2.51. The second-order valence-electron chi connectivity index (χ2n) is 6.30. The van der Waals surface area contributed by atoms with E-state index >= 15 is 0 Å². The van der Waals surface area contributed by atoms with E-state index in [1.807, 2.05) is 13.1 Å². The third-order valence-electron chi connectivity index (χ3n) is 4.33. The van der Waals surface area contributed by atoms with Gasteiger partial charge in [0, 0.05) is 12.6 Å². The number of sulfonamides is 1. The highest BCUT2D eigenvalue weighted by molar-refractivity contribution is 7.89. The van der Waals surface area contributed by atoms with E-state index in [4.69, 9.17) is 0 Å². The van der Waals surface area contributed by atoms with Crippen molar-refractivity contribution >= 4 is 10.0 Å². The number of benzene rings is 1. The Morgan fingerprint density at radius 1 is 1.24 bits per heavy atom. The molecular formula is C16H26N2O2S. The zero-order valence-corrected chi connectivity index (χ0v) is 13.9. The number of nitrogens with one attached hydrogen (secondary N) is 2. The normalized spacial score (nSPS) is 26.7. The molecule has 0 heterocycles. The van der Waals surface area contributed by atoms with Crippen molar-refractivity contribution in [1.29, 1.82) is 0 Å². The molecule has 2 N–H and O–H groups in total. The summed E-state index contributed by atoms with van der Waals surface area (Å²) in [6.07, 6.45) is 3.11. The first-order valence-corrected chi connectivity index (χ1v) is 9.16. The average molecular weight is 310 g/mol. The molecule has 0 saturated heterocycles. The molecule has 0 spiro atoms. The maximum Gasteiger partial charge on any atom is 0.240 e. The van der Waals surface area contributed by atoms with Crippen LogP contribution in [0, 0.1) is 11.8 Å². The van der Waals surface area contributed by atoms with Crippen molar-refractivity contribution in [1.82, 2.24) is 10.0 Å². The van der Waals surface area contributed by atoms with Gasteiger partial charge in [-0.25, -0.2) is 13.1 Å². The van der Waals surface area contributed by atoms with E-state index in [0.29, 0.717) is 23.3 Å². The first-order valence-electron chi connectivity index (χ1n) is 7.68. The van der Waals surface area contributed by atoms with Crippen LogP contribution >= 0.6 is 0 Å². The van der Waals surface area contributed by atoms with Crippen LogP contribution in [0.25, 0.3) is 0 Å². The molecule has 3 unspecified atom stereocenters. The van der Waals surface area contributed by atoms with Crippen molar-refractivity contribution < 1.29 is 8.42 Å². The first-order chi connectivity index (χ1) is 9.92. The van der Waals surface area contributed by atoms with Gasteiger partial charge in [-0.05, 0) is 55.8 Å². The van der Waals surface area contributed by atoms with Crippen LogP contribution in [0.3, 0.4) is 0 Å². The highest BCUT2D eigenvalue weighted by Crippen LogP contribution is 2.29. The molecule has 118 valence electrons. The quantitative estimate of drug-likeness (QED) is 0.878. The van der Waals surface area contributed by atoms with Crippen LogP contribution in [-0.2, 0) is 16.6 Å². The lowest BCUT2D eigenvalue weighted by atomic mass is 9.80. The minimum Gasteiger partial charge on any atom is -0.316 e. The maximum atomic E-state index is 12.6. The second kappa shape index (κ2) is 6.90. The molecule has 1 saturated carbocycles. The molecular weight excluding hydrogens is 284 g/mol. The minimum atomic E-state index is -3.43.